The van der Waals surface area contributed by atoms with Crippen LogP contribution in [0, 0.1) is 11.8 Å². The molecule has 1 aromatic rings. The normalized spacial score (nSPS) is 20.9. The lowest BCUT2D eigenvalue weighted by Crippen LogP contribution is -2.35. The lowest BCUT2D eigenvalue weighted by molar-refractivity contribution is -0.134. The molecule has 1 heterocycles. The van der Waals surface area contributed by atoms with Crippen molar-refractivity contribution >= 4 is 5.91 Å². The molecule has 24 heavy (non-hydrogen) atoms. The molecular weight excluding hydrogens is 308 g/mol. The van der Waals surface area contributed by atoms with Gasteiger partial charge in [-0.15, -0.1) is 0 Å². The highest BCUT2D eigenvalue weighted by Gasteiger charge is 2.38. The molecule has 0 aromatic heterocycles. The van der Waals surface area contributed by atoms with Crippen molar-refractivity contribution in [2.45, 2.75) is 6.54 Å². The molecule has 0 N–H and O–H groups in total. The van der Waals surface area contributed by atoms with Crippen LogP contribution in [0.15, 0.2) is 18.2 Å². The van der Waals surface area contributed by atoms with Crippen LogP contribution in [0.1, 0.15) is 5.56 Å². The molecule has 0 radical (unpaired) electrons. The average Bonchev–Trinajstić information content (AvgIpc) is 2.96. The van der Waals surface area contributed by atoms with Gasteiger partial charge in [-0.1, -0.05) is 0 Å². The molecule has 1 aromatic carbocycles. The first-order chi connectivity index (χ1) is 11.5. The van der Waals surface area contributed by atoms with Crippen molar-refractivity contribution in [2.24, 2.45) is 11.8 Å². The molecule has 6 nitrogen and oxygen atoms in total. The van der Waals surface area contributed by atoms with Crippen LogP contribution in [0.25, 0.3) is 0 Å². The second-order valence-corrected chi connectivity index (χ2v) is 6.47. The van der Waals surface area contributed by atoms with E-state index in [1.54, 1.807) is 26.2 Å². The third-order valence-corrected chi connectivity index (χ3v) is 4.47. The second kappa shape index (κ2) is 8.35. The summed E-state index contributed by atoms with van der Waals surface area (Å²) >= 11 is 0. The SMILES string of the molecule is COC[C@@H]1CN(Cc2cc(OC)cc(OC)c2)C[C@H]1C(=O)N(C)C. The van der Waals surface area contributed by atoms with E-state index < -0.39 is 0 Å². The van der Waals surface area contributed by atoms with Crippen molar-refractivity contribution in [1.29, 1.82) is 0 Å². The zero-order valence-electron chi connectivity index (χ0n) is 15.2. The van der Waals surface area contributed by atoms with Crippen LogP contribution in [-0.4, -0.2) is 70.8 Å². The van der Waals surface area contributed by atoms with Gasteiger partial charge in [-0.25, -0.2) is 0 Å². The van der Waals surface area contributed by atoms with Gasteiger partial charge in [-0.3, -0.25) is 9.69 Å². The van der Waals surface area contributed by atoms with Gasteiger partial charge in [0.15, 0.2) is 0 Å². The Morgan fingerprint density at radius 1 is 1.12 bits per heavy atom. The summed E-state index contributed by atoms with van der Waals surface area (Å²) in [4.78, 5) is 16.4. The third-order valence-electron chi connectivity index (χ3n) is 4.47. The van der Waals surface area contributed by atoms with Crippen LogP contribution in [0.5, 0.6) is 11.5 Å². The number of hydrogen-bond acceptors (Lipinski definition) is 5. The third kappa shape index (κ3) is 4.39. The fourth-order valence-corrected chi connectivity index (χ4v) is 3.30. The van der Waals surface area contributed by atoms with E-state index in [2.05, 4.69) is 4.90 Å². The zero-order valence-corrected chi connectivity index (χ0v) is 15.2. The number of carbonyl (C=O) groups excluding carboxylic acids is 1. The number of ether oxygens (including phenoxy) is 3. The fraction of sp³-hybridized carbons (Fsp3) is 0.611. The van der Waals surface area contributed by atoms with Gasteiger partial charge in [0.2, 0.25) is 5.91 Å². The summed E-state index contributed by atoms with van der Waals surface area (Å²) in [5, 5.41) is 0. The lowest BCUT2D eigenvalue weighted by Gasteiger charge is -2.20. The first-order valence-corrected chi connectivity index (χ1v) is 8.12. The minimum Gasteiger partial charge on any atom is -0.497 e. The summed E-state index contributed by atoms with van der Waals surface area (Å²) in [6, 6.07) is 5.88. The monoisotopic (exact) mass is 336 g/mol. The predicted octanol–water partition coefficient (Wildman–Crippen LogP) is 1.49. The van der Waals surface area contributed by atoms with Gasteiger partial charge in [0.1, 0.15) is 11.5 Å². The van der Waals surface area contributed by atoms with Crippen molar-refractivity contribution in [3.63, 3.8) is 0 Å². The standard InChI is InChI=1S/C18H28N2O4/c1-19(2)18(21)17-11-20(10-14(17)12-22-3)9-13-6-15(23-4)8-16(7-13)24-5/h6-8,14,17H,9-12H2,1-5H3/t14-,17+/m0/s1. The first-order valence-electron chi connectivity index (χ1n) is 8.12. The molecule has 134 valence electrons. The van der Waals surface area contributed by atoms with Crippen molar-refractivity contribution in [3.8, 4) is 11.5 Å². The van der Waals surface area contributed by atoms with Crippen molar-refractivity contribution in [3.05, 3.63) is 23.8 Å². The van der Waals surface area contributed by atoms with Gasteiger partial charge in [-0.2, -0.15) is 0 Å². The number of amides is 1. The van der Waals surface area contributed by atoms with E-state index >= 15 is 0 Å². The zero-order chi connectivity index (χ0) is 17.7. The molecule has 0 bridgehead atoms. The highest BCUT2D eigenvalue weighted by atomic mass is 16.5. The summed E-state index contributed by atoms with van der Waals surface area (Å²) in [6.45, 7) is 2.94. The van der Waals surface area contributed by atoms with Crippen LogP contribution in [0.4, 0.5) is 0 Å². The molecule has 0 unspecified atom stereocenters. The van der Waals surface area contributed by atoms with Gasteiger partial charge in [0, 0.05) is 52.8 Å². The van der Waals surface area contributed by atoms with Crippen LogP contribution in [0.3, 0.4) is 0 Å². The Morgan fingerprint density at radius 3 is 2.25 bits per heavy atom. The minimum absolute atomic E-state index is 0.0209. The Balaban J connectivity index is 2.11. The van der Waals surface area contributed by atoms with Crippen LogP contribution in [0.2, 0.25) is 0 Å². The van der Waals surface area contributed by atoms with Crippen LogP contribution < -0.4 is 9.47 Å². The van der Waals surface area contributed by atoms with E-state index in [1.807, 2.05) is 32.3 Å². The van der Waals surface area contributed by atoms with Gasteiger partial charge >= 0.3 is 0 Å². The van der Waals surface area contributed by atoms with Crippen molar-refractivity contribution in [1.82, 2.24) is 9.80 Å². The van der Waals surface area contributed by atoms with Crippen LogP contribution in [-0.2, 0) is 16.1 Å². The highest BCUT2D eigenvalue weighted by Crippen LogP contribution is 2.29. The van der Waals surface area contributed by atoms with E-state index in [1.165, 1.54) is 0 Å². The number of carbonyl (C=O) groups is 1. The van der Waals surface area contributed by atoms with E-state index in [0.717, 1.165) is 36.7 Å². The largest absolute Gasteiger partial charge is 0.497 e. The molecule has 0 spiro atoms. The molecular formula is C18H28N2O4. The van der Waals surface area contributed by atoms with Gasteiger partial charge in [0.05, 0.1) is 26.7 Å². The van der Waals surface area contributed by atoms with E-state index in [-0.39, 0.29) is 17.7 Å². The summed E-state index contributed by atoms with van der Waals surface area (Å²) < 4.78 is 16.0. The Labute approximate surface area is 144 Å². The number of likely N-dealkylation sites (tertiary alicyclic amines) is 1. The molecule has 1 saturated heterocycles. The first kappa shape index (κ1) is 18.5. The quantitative estimate of drug-likeness (QED) is 0.755. The molecule has 0 saturated carbocycles. The average molecular weight is 336 g/mol. The Kier molecular flexibility index (Phi) is 6.45. The summed E-state index contributed by atoms with van der Waals surface area (Å²) in [6.07, 6.45) is 0. The second-order valence-electron chi connectivity index (χ2n) is 6.47. The highest BCUT2D eigenvalue weighted by molar-refractivity contribution is 5.79. The maximum absolute atomic E-state index is 12.4. The lowest BCUT2D eigenvalue weighted by atomic mass is 9.96. The molecule has 2 atom stereocenters. The van der Waals surface area contributed by atoms with E-state index in [9.17, 15) is 4.79 Å². The number of benzene rings is 1. The summed E-state index contributed by atoms with van der Waals surface area (Å²) in [5.74, 6) is 1.92. The molecule has 1 aliphatic rings. The molecule has 6 heteroatoms. The minimum atomic E-state index is -0.0209. The molecule has 0 aliphatic carbocycles. The number of rotatable bonds is 7. The number of nitrogens with zero attached hydrogens (tertiary/aromatic N) is 2. The Morgan fingerprint density at radius 2 is 1.75 bits per heavy atom. The fourth-order valence-electron chi connectivity index (χ4n) is 3.30. The smallest absolute Gasteiger partial charge is 0.226 e. The molecule has 1 amide bonds. The van der Waals surface area contributed by atoms with Gasteiger partial charge in [0.25, 0.3) is 0 Å². The molecule has 1 aliphatic heterocycles. The summed E-state index contributed by atoms with van der Waals surface area (Å²) in [7, 11) is 8.60. The maximum atomic E-state index is 12.4. The molecule has 2 rings (SSSR count). The summed E-state index contributed by atoms with van der Waals surface area (Å²) in [5.41, 5.74) is 1.11. The van der Waals surface area contributed by atoms with Crippen molar-refractivity contribution < 1.29 is 19.0 Å². The topological polar surface area (TPSA) is 51.2 Å². The number of hydrogen-bond donors (Lipinski definition) is 0. The maximum Gasteiger partial charge on any atom is 0.226 e. The predicted molar refractivity (Wildman–Crippen MR) is 92.4 cm³/mol. The Bertz CT molecular complexity index is 540. The molecule has 1 fully saturated rings. The van der Waals surface area contributed by atoms with Gasteiger partial charge in [-0.05, 0) is 17.7 Å². The van der Waals surface area contributed by atoms with E-state index in [0.29, 0.717) is 6.61 Å². The van der Waals surface area contributed by atoms with Crippen molar-refractivity contribution in [2.75, 3.05) is 55.1 Å². The van der Waals surface area contributed by atoms with Crippen LogP contribution >= 0.6 is 0 Å². The van der Waals surface area contributed by atoms with E-state index in [4.69, 9.17) is 14.2 Å². The number of methoxy groups -OCH3 is 3. The van der Waals surface area contributed by atoms with Gasteiger partial charge < -0.3 is 19.1 Å². The Hall–Kier alpha value is -1.79.